The summed E-state index contributed by atoms with van der Waals surface area (Å²) in [5.41, 5.74) is 1.93. The number of carbonyl (C=O) groups excluding carboxylic acids is 1. The number of piperidine rings is 1. The molecule has 1 atom stereocenters. The van der Waals surface area contributed by atoms with Crippen LogP contribution in [-0.2, 0) is 4.74 Å². The van der Waals surface area contributed by atoms with E-state index in [9.17, 15) is 9.18 Å². The van der Waals surface area contributed by atoms with Crippen LogP contribution in [0, 0.1) is 5.41 Å². The molecule has 1 heterocycles. The van der Waals surface area contributed by atoms with Crippen molar-refractivity contribution in [2.75, 3.05) is 13.7 Å². The summed E-state index contributed by atoms with van der Waals surface area (Å²) in [4.78, 5) is 11.4. The summed E-state index contributed by atoms with van der Waals surface area (Å²) in [6, 6.07) is 7.79. The molecule has 108 valence electrons. The van der Waals surface area contributed by atoms with E-state index in [-0.39, 0.29) is 17.4 Å². The van der Waals surface area contributed by atoms with Crippen molar-refractivity contribution in [1.82, 2.24) is 5.32 Å². The van der Waals surface area contributed by atoms with Crippen LogP contribution >= 0.6 is 0 Å². The van der Waals surface area contributed by atoms with E-state index in [1.165, 1.54) is 12.7 Å². The van der Waals surface area contributed by atoms with Crippen molar-refractivity contribution in [2.45, 2.75) is 37.9 Å². The number of methoxy groups -OCH3 is 1. The van der Waals surface area contributed by atoms with Gasteiger partial charge in [0.2, 0.25) is 0 Å². The first kappa shape index (κ1) is 13.6. The van der Waals surface area contributed by atoms with Crippen molar-refractivity contribution in [2.24, 2.45) is 5.41 Å². The molecule has 1 saturated heterocycles. The normalized spacial score (nSPS) is 32.7. The molecule has 1 aliphatic carbocycles. The molecule has 1 aliphatic heterocycles. The van der Waals surface area contributed by atoms with Crippen LogP contribution in [0.3, 0.4) is 0 Å². The van der Waals surface area contributed by atoms with Gasteiger partial charge in [-0.25, -0.2) is 9.18 Å². The summed E-state index contributed by atoms with van der Waals surface area (Å²) in [5.74, 6) is -0.316. The Balaban J connectivity index is 1.71. The minimum Gasteiger partial charge on any atom is -0.465 e. The summed E-state index contributed by atoms with van der Waals surface area (Å²) in [7, 11) is 1.38. The van der Waals surface area contributed by atoms with E-state index >= 15 is 0 Å². The van der Waals surface area contributed by atoms with E-state index in [1.807, 2.05) is 12.1 Å². The van der Waals surface area contributed by atoms with Gasteiger partial charge in [0, 0.05) is 6.04 Å². The van der Waals surface area contributed by atoms with Gasteiger partial charge in [0.15, 0.2) is 0 Å². The third-order valence-corrected chi connectivity index (χ3v) is 4.73. The first-order valence-corrected chi connectivity index (χ1v) is 7.18. The predicted molar refractivity (Wildman–Crippen MR) is 74.3 cm³/mol. The average Bonchev–Trinajstić information content (AvgIpc) is 2.45. The van der Waals surface area contributed by atoms with Gasteiger partial charge in [-0.2, -0.15) is 0 Å². The van der Waals surface area contributed by atoms with Gasteiger partial charge in [-0.3, -0.25) is 0 Å². The molecule has 3 nitrogen and oxygen atoms in total. The standard InChI is InChI=1S/C16H20FNO2/c1-20-15(19)12-4-2-11(3-5-12)14-10-16(6-7-18-14)8-13(17)9-16/h2-5,13-14,18H,6-10H2,1H3/t13?,14-,16?/m0/s1. The van der Waals surface area contributed by atoms with E-state index < -0.39 is 6.17 Å². The van der Waals surface area contributed by atoms with E-state index in [0.29, 0.717) is 18.4 Å². The zero-order valence-electron chi connectivity index (χ0n) is 11.7. The summed E-state index contributed by atoms with van der Waals surface area (Å²) in [6.45, 7) is 0.941. The molecule has 2 aliphatic rings. The van der Waals surface area contributed by atoms with Crippen LogP contribution in [-0.4, -0.2) is 25.8 Å². The Hall–Kier alpha value is -1.42. The van der Waals surface area contributed by atoms with E-state index in [1.54, 1.807) is 12.1 Å². The maximum Gasteiger partial charge on any atom is 0.337 e. The number of hydrogen-bond acceptors (Lipinski definition) is 3. The number of alkyl halides is 1. The van der Waals surface area contributed by atoms with Crippen LogP contribution < -0.4 is 5.32 Å². The molecule has 0 aromatic heterocycles. The van der Waals surface area contributed by atoms with Gasteiger partial charge in [-0.05, 0) is 55.3 Å². The lowest BCUT2D eigenvalue weighted by atomic mass is 9.60. The number of rotatable bonds is 2. The zero-order valence-corrected chi connectivity index (χ0v) is 11.7. The molecular formula is C16H20FNO2. The Bertz CT molecular complexity index is 488. The van der Waals surface area contributed by atoms with E-state index in [4.69, 9.17) is 4.74 Å². The minimum absolute atomic E-state index is 0.205. The highest BCUT2D eigenvalue weighted by atomic mass is 19.1. The molecule has 1 N–H and O–H groups in total. The molecule has 20 heavy (non-hydrogen) atoms. The molecule has 1 spiro atoms. The third kappa shape index (κ3) is 2.44. The quantitative estimate of drug-likeness (QED) is 0.844. The van der Waals surface area contributed by atoms with Crippen molar-refractivity contribution in [1.29, 1.82) is 0 Å². The van der Waals surface area contributed by atoms with Crippen molar-refractivity contribution in [3.8, 4) is 0 Å². The number of halogens is 1. The Morgan fingerprint density at radius 3 is 2.60 bits per heavy atom. The van der Waals surface area contributed by atoms with Gasteiger partial charge in [-0.15, -0.1) is 0 Å². The number of carbonyl (C=O) groups is 1. The van der Waals surface area contributed by atoms with Gasteiger partial charge in [0.05, 0.1) is 12.7 Å². The third-order valence-electron chi connectivity index (χ3n) is 4.73. The van der Waals surface area contributed by atoms with Crippen LogP contribution in [0.4, 0.5) is 4.39 Å². The lowest BCUT2D eigenvalue weighted by Crippen LogP contribution is -2.47. The second-order valence-corrected chi connectivity index (χ2v) is 6.08. The van der Waals surface area contributed by atoms with Crippen LogP contribution in [0.15, 0.2) is 24.3 Å². The molecule has 3 rings (SSSR count). The van der Waals surface area contributed by atoms with Crippen LogP contribution in [0.1, 0.15) is 47.6 Å². The fourth-order valence-corrected chi connectivity index (χ4v) is 3.57. The molecule has 2 fully saturated rings. The number of nitrogens with one attached hydrogen (secondary N) is 1. The monoisotopic (exact) mass is 277 g/mol. The zero-order chi connectivity index (χ0) is 14.2. The SMILES string of the molecule is COC(=O)c1ccc([C@@H]2CC3(CCN2)CC(F)C3)cc1. The van der Waals surface area contributed by atoms with Gasteiger partial charge < -0.3 is 10.1 Å². The topological polar surface area (TPSA) is 38.3 Å². The van der Waals surface area contributed by atoms with E-state index in [0.717, 1.165) is 19.4 Å². The average molecular weight is 277 g/mol. The Morgan fingerprint density at radius 2 is 2.00 bits per heavy atom. The highest BCUT2D eigenvalue weighted by Crippen LogP contribution is 2.52. The van der Waals surface area contributed by atoms with Gasteiger partial charge >= 0.3 is 5.97 Å². The number of esters is 1. The maximum atomic E-state index is 13.2. The summed E-state index contributed by atoms with van der Waals surface area (Å²) >= 11 is 0. The van der Waals surface area contributed by atoms with Crippen molar-refractivity contribution in [3.63, 3.8) is 0 Å². The lowest BCUT2D eigenvalue weighted by molar-refractivity contribution is -0.0139. The van der Waals surface area contributed by atoms with Crippen molar-refractivity contribution in [3.05, 3.63) is 35.4 Å². The molecule has 0 radical (unpaired) electrons. The number of ether oxygens (including phenoxy) is 1. The summed E-state index contributed by atoms with van der Waals surface area (Å²) < 4.78 is 17.9. The number of benzene rings is 1. The molecular weight excluding hydrogens is 257 g/mol. The second-order valence-electron chi connectivity index (χ2n) is 6.08. The predicted octanol–water partition coefficient (Wildman–Crippen LogP) is 3.02. The highest BCUT2D eigenvalue weighted by molar-refractivity contribution is 5.89. The Kier molecular flexibility index (Phi) is 3.50. The van der Waals surface area contributed by atoms with E-state index in [2.05, 4.69) is 5.32 Å². The molecule has 0 bridgehead atoms. The van der Waals surface area contributed by atoms with Crippen LogP contribution in [0.5, 0.6) is 0 Å². The first-order chi connectivity index (χ1) is 9.62. The summed E-state index contributed by atoms with van der Waals surface area (Å²) in [5, 5.41) is 3.50. The maximum absolute atomic E-state index is 13.2. The molecule has 1 saturated carbocycles. The summed E-state index contributed by atoms with van der Waals surface area (Å²) in [6.07, 6.45) is 2.89. The molecule has 0 unspecified atom stereocenters. The Morgan fingerprint density at radius 1 is 1.30 bits per heavy atom. The highest BCUT2D eigenvalue weighted by Gasteiger charge is 2.47. The smallest absolute Gasteiger partial charge is 0.337 e. The van der Waals surface area contributed by atoms with Gasteiger partial charge in [-0.1, -0.05) is 12.1 Å². The fraction of sp³-hybridized carbons (Fsp3) is 0.562. The molecule has 1 aromatic rings. The molecule has 1 aromatic carbocycles. The molecule has 0 amide bonds. The van der Waals surface area contributed by atoms with Crippen LogP contribution in [0.2, 0.25) is 0 Å². The first-order valence-electron chi connectivity index (χ1n) is 7.18. The van der Waals surface area contributed by atoms with Crippen molar-refractivity contribution < 1.29 is 13.9 Å². The Labute approximate surface area is 118 Å². The van der Waals surface area contributed by atoms with Gasteiger partial charge in [0.1, 0.15) is 6.17 Å². The van der Waals surface area contributed by atoms with Crippen molar-refractivity contribution >= 4 is 5.97 Å². The van der Waals surface area contributed by atoms with Gasteiger partial charge in [0.25, 0.3) is 0 Å². The lowest BCUT2D eigenvalue weighted by Gasteiger charge is -2.49. The molecule has 4 heteroatoms. The second kappa shape index (κ2) is 5.17. The largest absolute Gasteiger partial charge is 0.465 e. The fourth-order valence-electron chi connectivity index (χ4n) is 3.57. The minimum atomic E-state index is -0.601. The van der Waals surface area contributed by atoms with Crippen LogP contribution in [0.25, 0.3) is 0 Å². The number of hydrogen-bond donors (Lipinski definition) is 1.